The summed E-state index contributed by atoms with van der Waals surface area (Å²) in [5, 5.41) is 20.1. The van der Waals surface area contributed by atoms with Crippen LogP contribution in [0.1, 0.15) is 36.5 Å². The molecule has 2 atom stereocenters. The molecule has 2 aromatic rings. The van der Waals surface area contributed by atoms with Gasteiger partial charge in [0.25, 0.3) is 5.91 Å². The molecule has 2 aromatic carbocycles. The standard InChI is InChI=1S/C22H24FNO4/c1-2-11-22(21(27)28)12-13-24(14-19(22)25)20(26)16-9-7-15(8-10-16)17-5-3-4-6-18(17)23/h3-10,19,25H,2,11-14H2,1H3,(H,27,28)/t19-,22-/m0/s1. The average Bonchev–Trinajstić information content (AvgIpc) is 2.69. The highest BCUT2D eigenvalue weighted by Crippen LogP contribution is 2.37. The molecule has 1 amide bonds. The Morgan fingerprint density at radius 1 is 1.18 bits per heavy atom. The zero-order valence-electron chi connectivity index (χ0n) is 15.8. The fourth-order valence-electron chi connectivity index (χ4n) is 3.92. The van der Waals surface area contributed by atoms with E-state index in [0.29, 0.717) is 29.5 Å². The second kappa shape index (κ2) is 8.10. The van der Waals surface area contributed by atoms with E-state index in [-0.39, 0.29) is 31.2 Å². The lowest BCUT2D eigenvalue weighted by molar-refractivity contribution is -0.162. The molecule has 0 spiro atoms. The summed E-state index contributed by atoms with van der Waals surface area (Å²) in [6, 6.07) is 13.0. The van der Waals surface area contributed by atoms with Crippen LogP contribution in [-0.2, 0) is 4.79 Å². The number of hydrogen-bond donors (Lipinski definition) is 2. The van der Waals surface area contributed by atoms with Crippen molar-refractivity contribution in [3.05, 3.63) is 59.9 Å². The van der Waals surface area contributed by atoms with E-state index in [0.717, 1.165) is 0 Å². The third-order valence-electron chi connectivity index (χ3n) is 5.58. The number of likely N-dealkylation sites (tertiary alicyclic amines) is 1. The van der Waals surface area contributed by atoms with Gasteiger partial charge in [0, 0.05) is 24.2 Å². The maximum Gasteiger partial charge on any atom is 0.312 e. The SMILES string of the molecule is CCC[C@]1(C(=O)O)CCN(C(=O)c2ccc(-c3ccccc3F)cc2)C[C@@H]1O. The molecule has 0 aromatic heterocycles. The van der Waals surface area contributed by atoms with Crippen LogP contribution >= 0.6 is 0 Å². The van der Waals surface area contributed by atoms with E-state index in [2.05, 4.69) is 0 Å². The van der Waals surface area contributed by atoms with Crippen molar-refractivity contribution in [3.63, 3.8) is 0 Å². The monoisotopic (exact) mass is 385 g/mol. The van der Waals surface area contributed by atoms with Crippen LogP contribution in [0, 0.1) is 11.2 Å². The molecule has 0 radical (unpaired) electrons. The van der Waals surface area contributed by atoms with Crippen LogP contribution in [0.2, 0.25) is 0 Å². The third kappa shape index (κ3) is 3.64. The van der Waals surface area contributed by atoms with Crippen LogP contribution in [0.5, 0.6) is 0 Å². The van der Waals surface area contributed by atoms with Gasteiger partial charge in [0.05, 0.1) is 11.5 Å². The van der Waals surface area contributed by atoms with Gasteiger partial charge in [0.2, 0.25) is 0 Å². The second-order valence-electron chi connectivity index (χ2n) is 7.29. The molecule has 28 heavy (non-hydrogen) atoms. The highest BCUT2D eigenvalue weighted by Gasteiger charge is 2.48. The molecule has 3 rings (SSSR count). The van der Waals surface area contributed by atoms with Crippen molar-refractivity contribution in [3.8, 4) is 11.1 Å². The summed E-state index contributed by atoms with van der Waals surface area (Å²) < 4.78 is 13.9. The van der Waals surface area contributed by atoms with Crippen molar-refractivity contribution < 1.29 is 24.2 Å². The maximum atomic E-state index is 13.9. The molecule has 148 valence electrons. The van der Waals surface area contributed by atoms with Crippen LogP contribution in [0.4, 0.5) is 4.39 Å². The Labute approximate surface area is 163 Å². The van der Waals surface area contributed by atoms with Crippen LogP contribution in [0.25, 0.3) is 11.1 Å². The molecular formula is C22H24FNO4. The fraction of sp³-hybridized carbons (Fsp3) is 0.364. The number of carboxylic acid groups (broad SMARTS) is 1. The number of carboxylic acids is 1. The van der Waals surface area contributed by atoms with Crippen LogP contribution < -0.4 is 0 Å². The van der Waals surface area contributed by atoms with Gasteiger partial charge in [-0.1, -0.05) is 43.7 Å². The molecule has 1 fully saturated rings. The van der Waals surface area contributed by atoms with E-state index < -0.39 is 17.5 Å². The number of benzene rings is 2. The Balaban J connectivity index is 1.75. The van der Waals surface area contributed by atoms with E-state index in [1.54, 1.807) is 42.5 Å². The summed E-state index contributed by atoms with van der Waals surface area (Å²) in [5.41, 5.74) is 0.354. The predicted octanol–water partition coefficient (Wildman–Crippen LogP) is 3.57. The number of β-amino-alcohol motifs (C(OH)–C–C–N with tert-alkyl or cyclic N) is 1. The van der Waals surface area contributed by atoms with Crippen molar-refractivity contribution in [2.75, 3.05) is 13.1 Å². The van der Waals surface area contributed by atoms with Crippen molar-refractivity contribution in [2.45, 2.75) is 32.3 Å². The number of rotatable bonds is 5. The number of aliphatic hydroxyl groups is 1. The van der Waals surface area contributed by atoms with E-state index in [9.17, 15) is 24.2 Å². The Kier molecular flexibility index (Phi) is 5.79. The Bertz CT molecular complexity index is 867. The first kappa shape index (κ1) is 20.0. The summed E-state index contributed by atoms with van der Waals surface area (Å²) in [5.74, 6) is -1.61. The number of aliphatic hydroxyl groups excluding tert-OH is 1. The first-order valence-corrected chi connectivity index (χ1v) is 9.44. The van der Waals surface area contributed by atoms with Gasteiger partial charge in [-0.3, -0.25) is 9.59 Å². The molecule has 1 aliphatic rings. The number of piperidine rings is 1. The fourth-order valence-corrected chi connectivity index (χ4v) is 3.92. The number of nitrogens with zero attached hydrogens (tertiary/aromatic N) is 1. The first-order chi connectivity index (χ1) is 13.4. The van der Waals surface area contributed by atoms with Crippen molar-refractivity contribution in [1.82, 2.24) is 4.90 Å². The van der Waals surface area contributed by atoms with Gasteiger partial charge in [-0.25, -0.2) is 4.39 Å². The van der Waals surface area contributed by atoms with Gasteiger partial charge in [-0.2, -0.15) is 0 Å². The minimum atomic E-state index is -1.19. The van der Waals surface area contributed by atoms with Gasteiger partial charge in [-0.05, 0) is 36.6 Å². The molecule has 1 aliphatic heterocycles. The predicted molar refractivity (Wildman–Crippen MR) is 103 cm³/mol. The van der Waals surface area contributed by atoms with Gasteiger partial charge >= 0.3 is 5.97 Å². The van der Waals surface area contributed by atoms with Gasteiger partial charge in [0.1, 0.15) is 5.82 Å². The Morgan fingerprint density at radius 3 is 2.43 bits per heavy atom. The molecule has 1 heterocycles. The zero-order chi connectivity index (χ0) is 20.3. The molecule has 0 aliphatic carbocycles. The number of carbonyl (C=O) groups excluding carboxylic acids is 1. The molecule has 2 N–H and O–H groups in total. The summed E-state index contributed by atoms with van der Waals surface area (Å²) >= 11 is 0. The molecule has 0 bridgehead atoms. The molecule has 0 saturated carbocycles. The lowest BCUT2D eigenvalue weighted by atomic mass is 9.72. The molecular weight excluding hydrogens is 361 g/mol. The van der Waals surface area contributed by atoms with Gasteiger partial charge in [-0.15, -0.1) is 0 Å². The summed E-state index contributed by atoms with van der Waals surface area (Å²) in [6.07, 6.45) is 0.133. The summed E-state index contributed by atoms with van der Waals surface area (Å²) in [7, 11) is 0. The largest absolute Gasteiger partial charge is 0.481 e. The summed E-state index contributed by atoms with van der Waals surface area (Å²) in [6.45, 7) is 2.14. The van der Waals surface area contributed by atoms with E-state index in [1.807, 2.05) is 6.92 Å². The van der Waals surface area contributed by atoms with Crippen molar-refractivity contribution >= 4 is 11.9 Å². The molecule has 6 heteroatoms. The smallest absolute Gasteiger partial charge is 0.312 e. The quantitative estimate of drug-likeness (QED) is 0.825. The molecule has 0 unspecified atom stereocenters. The Hall–Kier alpha value is -2.73. The number of carbonyl (C=O) groups is 2. The van der Waals surface area contributed by atoms with E-state index in [1.165, 1.54) is 11.0 Å². The second-order valence-corrected chi connectivity index (χ2v) is 7.29. The van der Waals surface area contributed by atoms with Crippen LogP contribution in [0.3, 0.4) is 0 Å². The number of amides is 1. The minimum absolute atomic E-state index is 0.0137. The zero-order valence-corrected chi connectivity index (χ0v) is 15.8. The first-order valence-electron chi connectivity index (χ1n) is 9.44. The molecule has 5 nitrogen and oxygen atoms in total. The third-order valence-corrected chi connectivity index (χ3v) is 5.58. The van der Waals surface area contributed by atoms with E-state index in [4.69, 9.17) is 0 Å². The van der Waals surface area contributed by atoms with Crippen molar-refractivity contribution in [1.29, 1.82) is 0 Å². The number of hydrogen-bond acceptors (Lipinski definition) is 3. The highest BCUT2D eigenvalue weighted by atomic mass is 19.1. The lowest BCUT2D eigenvalue weighted by Crippen LogP contribution is -2.56. The topological polar surface area (TPSA) is 77.8 Å². The summed E-state index contributed by atoms with van der Waals surface area (Å²) in [4.78, 5) is 26.0. The average molecular weight is 385 g/mol. The normalized spacial score (nSPS) is 22.1. The highest BCUT2D eigenvalue weighted by molar-refractivity contribution is 5.95. The lowest BCUT2D eigenvalue weighted by Gasteiger charge is -2.42. The Morgan fingerprint density at radius 2 is 1.86 bits per heavy atom. The maximum absolute atomic E-state index is 13.9. The number of aliphatic carboxylic acids is 1. The van der Waals surface area contributed by atoms with Crippen LogP contribution in [0.15, 0.2) is 48.5 Å². The number of halogens is 1. The van der Waals surface area contributed by atoms with E-state index >= 15 is 0 Å². The molecule has 1 saturated heterocycles. The van der Waals surface area contributed by atoms with Gasteiger partial charge < -0.3 is 15.1 Å². The van der Waals surface area contributed by atoms with Crippen LogP contribution in [-0.4, -0.2) is 46.2 Å². The minimum Gasteiger partial charge on any atom is -0.481 e. The van der Waals surface area contributed by atoms with Crippen molar-refractivity contribution in [2.24, 2.45) is 5.41 Å². The van der Waals surface area contributed by atoms with Gasteiger partial charge in [0.15, 0.2) is 0 Å².